The van der Waals surface area contributed by atoms with E-state index in [1.165, 1.54) is 0 Å². The van der Waals surface area contributed by atoms with Crippen molar-refractivity contribution >= 4 is 16.9 Å². The Morgan fingerprint density at radius 2 is 2.19 bits per heavy atom. The molecule has 1 saturated carbocycles. The SMILES string of the molecule is Cc1nc2cc(C(=O)N[C@@H]3CCC[C@@H](n4ccnc4)[C@@H]3O)ccc2n1C. The summed E-state index contributed by atoms with van der Waals surface area (Å²) in [7, 11) is 1.96. The summed E-state index contributed by atoms with van der Waals surface area (Å²) in [6.07, 6.45) is 7.24. The fourth-order valence-electron chi connectivity index (χ4n) is 3.82. The molecule has 2 heterocycles. The lowest BCUT2D eigenvalue weighted by Crippen LogP contribution is -2.49. The Bertz CT molecular complexity index is 931. The number of aryl methyl sites for hydroxylation is 2. The molecule has 26 heavy (non-hydrogen) atoms. The van der Waals surface area contributed by atoms with Crippen LogP contribution in [0.25, 0.3) is 11.0 Å². The van der Waals surface area contributed by atoms with Crippen molar-refractivity contribution in [1.82, 2.24) is 24.4 Å². The molecule has 136 valence electrons. The lowest BCUT2D eigenvalue weighted by Gasteiger charge is -2.35. The lowest BCUT2D eigenvalue weighted by atomic mass is 9.87. The second-order valence-electron chi connectivity index (χ2n) is 7.00. The highest BCUT2D eigenvalue weighted by Crippen LogP contribution is 2.29. The Morgan fingerprint density at radius 3 is 2.96 bits per heavy atom. The van der Waals surface area contributed by atoms with Crippen molar-refractivity contribution in [3.63, 3.8) is 0 Å². The molecule has 4 rings (SSSR count). The van der Waals surface area contributed by atoms with Gasteiger partial charge in [0, 0.05) is 25.0 Å². The number of amides is 1. The van der Waals surface area contributed by atoms with Crippen molar-refractivity contribution in [2.75, 3.05) is 0 Å². The van der Waals surface area contributed by atoms with Gasteiger partial charge in [0.2, 0.25) is 0 Å². The van der Waals surface area contributed by atoms with Crippen LogP contribution in [0.4, 0.5) is 0 Å². The molecule has 0 aliphatic heterocycles. The number of carbonyl (C=O) groups is 1. The largest absolute Gasteiger partial charge is 0.389 e. The molecule has 0 saturated heterocycles. The molecule has 7 heteroatoms. The topological polar surface area (TPSA) is 85.0 Å². The predicted octanol–water partition coefficient (Wildman–Crippen LogP) is 1.96. The van der Waals surface area contributed by atoms with Crippen molar-refractivity contribution < 1.29 is 9.90 Å². The van der Waals surface area contributed by atoms with Gasteiger partial charge < -0.3 is 19.6 Å². The summed E-state index contributed by atoms with van der Waals surface area (Å²) in [5, 5.41) is 13.7. The van der Waals surface area contributed by atoms with Gasteiger partial charge in [-0.15, -0.1) is 0 Å². The van der Waals surface area contributed by atoms with Gasteiger partial charge in [-0.05, 0) is 44.4 Å². The number of hydrogen-bond acceptors (Lipinski definition) is 4. The number of carbonyl (C=O) groups excluding carboxylic acids is 1. The van der Waals surface area contributed by atoms with E-state index < -0.39 is 6.10 Å². The zero-order valence-corrected chi connectivity index (χ0v) is 15.0. The second kappa shape index (κ2) is 6.57. The first kappa shape index (κ1) is 16.8. The van der Waals surface area contributed by atoms with E-state index in [0.29, 0.717) is 5.56 Å². The Hall–Kier alpha value is -2.67. The third-order valence-corrected chi connectivity index (χ3v) is 5.41. The van der Waals surface area contributed by atoms with Gasteiger partial charge in [0.1, 0.15) is 5.82 Å². The van der Waals surface area contributed by atoms with Gasteiger partial charge in [-0.25, -0.2) is 9.97 Å². The molecule has 1 aliphatic rings. The van der Waals surface area contributed by atoms with E-state index >= 15 is 0 Å². The van der Waals surface area contributed by atoms with Crippen LogP contribution in [0.2, 0.25) is 0 Å². The van der Waals surface area contributed by atoms with Gasteiger partial charge in [0.05, 0.1) is 35.5 Å². The molecule has 0 unspecified atom stereocenters. The zero-order valence-electron chi connectivity index (χ0n) is 15.0. The lowest BCUT2D eigenvalue weighted by molar-refractivity contribution is 0.0399. The predicted molar refractivity (Wildman–Crippen MR) is 97.8 cm³/mol. The summed E-state index contributed by atoms with van der Waals surface area (Å²) < 4.78 is 3.92. The van der Waals surface area contributed by atoms with Crippen molar-refractivity contribution in [2.24, 2.45) is 7.05 Å². The number of rotatable bonds is 3. The Kier molecular flexibility index (Phi) is 4.24. The van der Waals surface area contributed by atoms with Crippen molar-refractivity contribution in [3.05, 3.63) is 48.3 Å². The number of aromatic nitrogens is 4. The van der Waals surface area contributed by atoms with Crippen LogP contribution in [-0.4, -0.2) is 42.3 Å². The third kappa shape index (κ3) is 2.88. The van der Waals surface area contributed by atoms with Crippen LogP contribution in [0.5, 0.6) is 0 Å². The van der Waals surface area contributed by atoms with E-state index in [1.807, 2.05) is 35.4 Å². The molecule has 2 N–H and O–H groups in total. The minimum Gasteiger partial charge on any atom is -0.389 e. The van der Waals surface area contributed by atoms with E-state index in [0.717, 1.165) is 36.1 Å². The van der Waals surface area contributed by atoms with E-state index in [1.54, 1.807) is 24.7 Å². The van der Waals surface area contributed by atoms with E-state index in [2.05, 4.69) is 15.3 Å². The first-order chi connectivity index (χ1) is 12.5. The van der Waals surface area contributed by atoms with Crippen LogP contribution in [0.3, 0.4) is 0 Å². The standard InChI is InChI=1S/C19H23N5O2/c1-12-21-15-10-13(6-7-16(15)23(12)2)19(26)22-14-4-3-5-17(18(14)25)24-9-8-20-11-24/h6-11,14,17-18,25H,3-5H2,1-2H3,(H,22,26)/t14-,17-,18-/m1/s1. The van der Waals surface area contributed by atoms with E-state index in [4.69, 9.17) is 0 Å². The molecular weight excluding hydrogens is 330 g/mol. The maximum absolute atomic E-state index is 12.7. The number of nitrogens with one attached hydrogen (secondary N) is 1. The van der Waals surface area contributed by atoms with Crippen LogP contribution in [0.15, 0.2) is 36.9 Å². The van der Waals surface area contributed by atoms with Crippen LogP contribution >= 0.6 is 0 Å². The Balaban J connectivity index is 1.52. The number of fused-ring (bicyclic) bond motifs is 1. The molecule has 0 bridgehead atoms. The van der Waals surface area contributed by atoms with Gasteiger partial charge in [-0.1, -0.05) is 0 Å². The minimum atomic E-state index is -0.636. The monoisotopic (exact) mass is 353 g/mol. The van der Waals surface area contributed by atoms with Gasteiger partial charge in [0.25, 0.3) is 5.91 Å². The fraction of sp³-hybridized carbons (Fsp3) is 0.421. The molecule has 1 fully saturated rings. The summed E-state index contributed by atoms with van der Waals surface area (Å²) in [6, 6.07) is 5.19. The quantitative estimate of drug-likeness (QED) is 0.754. The molecule has 3 atom stereocenters. The Labute approximate surface area is 151 Å². The van der Waals surface area contributed by atoms with Gasteiger partial charge >= 0.3 is 0 Å². The normalized spacial score (nSPS) is 23.3. The Morgan fingerprint density at radius 1 is 1.35 bits per heavy atom. The summed E-state index contributed by atoms with van der Waals surface area (Å²) in [4.78, 5) is 21.3. The molecule has 2 aromatic heterocycles. The van der Waals surface area contributed by atoms with E-state index in [-0.39, 0.29) is 18.0 Å². The number of benzene rings is 1. The molecule has 7 nitrogen and oxygen atoms in total. The summed E-state index contributed by atoms with van der Waals surface area (Å²) in [6.45, 7) is 1.94. The van der Waals surface area contributed by atoms with Crippen molar-refractivity contribution in [2.45, 2.75) is 44.4 Å². The smallest absolute Gasteiger partial charge is 0.251 e. The van der Waals surface area contributed by atoms with Gasteiger partial charge in [-0.2, -0.15) is 0 Å². The average molecular weight is 353 g/mol. The van der Waals surface area contributed by atoms with Gasteiger partial charge in [-0.3, -0.25) is 4.79 Å². The van der Waals surface area contributed by atoms with Crippen LogP contribution < -0.4 is 5.32 Å². The number of hydrogen-bond donors (Lipinski definition) is 2. The number of aliphatic hydroxyl groups is 1. The summed E-state index contributed by atoms with van der Waals surface area (Å²) in [5.41, 5.74) is 2.36. The summed E-state index contributed by atoms with van der Waals surface area (Å²) in [5.74, 6) is 0.731. The highest BCUT2D eigenvalue weighted by atomic mass is 16.3. The first-order valence-corrected chi connectivity index (χ1v) is 8.94. The van der Waals surface area contributed by atoms with Crippen LogP contribution in [0.1, 0.15) is 41.5 Å². The van der Waals surface area contributed by atoms with Crippen LogP contribution in [0, 0.1) is 6.92 Å². The van der Waals surface area contributed by atoms with Crippen molar-refractivity contribution in [1.29, 1.82) is 0 Å². The highest BCUT2D eigenvalue weighted by Gasteiger charge is 2.33. The fourth-order valence-corrected chi connectivity index (χ4v) is 3.82. The van der Waals surface area contributed by atoms with E-state index in [9.17, 15) is 9.90 Å². The van der Waals surface area contributed by atoms with Crippen LogP contribution in [-0.2, 0) is 7.05 Å². The molecule has 1 amide bonds. The molecule has 0 radical (unpaired) electrons. The average Bonchev–Trinajstić information content (AvgIpc) is 3.25. The summed E-state index contributed by atoms with van der Waals surface area (Å²) >= 11 is 0. The molecule has 3 aromatic rings. The molecule has 1 aromatic carbocycles. The maximum atomic E-state index is 12.7. The highest BCUT2D eigenvalue weighted by molar-refractivity contribution is 5.97. The molecule has 1 aliphatic carbocycles. The number of nitrogens with zero attached hydrogens (tertiary/aromatic N) is 4. The second-order valence-corrected chi connectivity index (χ2v) is 7.00. The minimum absolute atomic E-state index is 0.0579. The molecular formula is C19H23N5O2. The number of aliphatic hydroxyl groups excluding tert-OH is 1. The zero-order chi connectivity index (χ0) is 18.3. The van der Waals surface area contributed by atoms with Gasteiger partial charge in [0.15, 0.2) is 0 Å². The molecule has 0 spiro atoms. The van der Waals surface area contributed by atoms with Crippen molar-refractivity contribution in [3.8, 4) is 0 Å². The first-order valence-electron chi connectivity index (χ1n) is 8.94. The number of imidazole rings is 2. The third-order valence-electron chi connectivity index (χ3n) is 5.41. The maximum Gasteiger partial charge on any atom is 0.251 e.